The van der Waals surface area contributed by atoms with Crippen LogP contribution >= 0.6 is 0 Å². The van der Waals surface area contributed by atoms with Gasteiger partial charge in [-0.15, -0.1) is 0 Å². The van der Waals surface area contributed by atoms with E-state index in [0.29, 0.717) is 5.92 Å². The third-order valence-corrected chi connectivity index (χ3v) is 3.98. The van der Waals surface area contributed by atoms with Gasteiger partial charge in [0.15, 0.2) is 0 Å². The van der Waals surface area contributed by atoms with Crippen molar-refractivity contribution >= 4 is 0 Å². The Hall–Kier alpha value is -1.06. The Labute approximate surface area is 117 Å². The van der Waals surface area contributed by atoms with E-state index in [2.05, 4.69) is 19.2 Å². The van der Waals surface area contributed by atoms with Gasteiger partial charge in [0.25, 0.3) is 0 Å². The van der Waals surface area contributed by atoms with Gasteiger partial charge < -0.3 is 15.2 Å². The molecule has 108 valence electrons. The fraction of sp³-hybridized carbons (Fsp3) is 0.625. The van der Waals surface area contributed by atoms with Crippen LogP contribution in [0.5, 0.6) is 5.75 Å². The zero-order valence-electron chi connectivity index (χ0n) is 13.2. The summed E-state index contributed by atoms with van der Waals surface area (Å²) >= 11 is 0. The molecule has 0 radical (unpaired) electrons. The number of hydrogen-bond acceptors (Lipinski definition) is 3. The van der Waals surface area contributed by atoms with E-state index < -0.39 is 6.10 Å². The molecule has 1 rings (SSSR count). The predicted octanol–water partition coefficient (Wildman–Crippen LogP) is 2.90. The first-order chi connectivity index (χ1) is 8.84. The molecule has 0 heterocycles. The second kappa shape index (κ2) is 6.40. The van der Waals surface area contributed by atoms with Crippen molar-refractivity contribution in [1.29, 1.82) is 0 Å². The molecular formula is C16H27NO2. The van der Waals surface area contributed by atoms with E-state index in [-0.39, 0.29) is 6.04 Å². The highest BCUT2D eigenvalue weighted by Crippen LogP contribution is 2.33. The van der Waals surface area contributed by atoms with E-state index in [4.69, 9.17) is 4.74 Å². The second-order valence-corrected chi connectivity index (χ2v) is 5.57. The van der Waals surface area contributed by atoms with E-state index in [9.17, 15) is 5.11 Å². The highest BCUT2D eigenvalue weighted by molar-refractivity contribution is 5.49. The van der Waals surface area contributed by atoms with Gasteiger partial charge >= 0.3 is 0 Å². The summed E-state index contributed by atoms with van der Waals surface area (Å²) in [6, 6.07) is 2.09. The minimum absolute atomic E-state index is 0.0471. The van der Waals surface area contributed by atoms with Gasteiger partial charge in [-0.25, -0.2) is 0 Å². The molecule has 3 heteroatoms. The van der Waals surface area contributed by atoms with Gasteiger partial charge in [-0.2, -0.15) is 0 Å². The fourth-order valence-corrected chi connectivity index (χ4v) is 2.76. The highest BCUT2D eigenvalue weighted by atomic mass is 16.5. The first kappa shape index (κ1) is 16.0. The molecule has 0 aliphatic heterocycles. The molecule has 2 atom stereocenters. The Kier molecular flexibility index (Phi) is 5.39. The number of rotatable bonds is 5. The minimum atomic E-state index is -0.506. The number of aliphatic hydroxyl groups excluding tert-OH is 1. The average molecular weight is 265 g/mol. The molecule has 3 nitrogen and oxygen atoms in total. The number of hydrogen-bond donors (Lipinski definition) is 2. The average Bonchev–Trinajstić information content (AvgIpc) is 2.34. The molecule has 2 N–H and O–H groups in total. The smallest absolute Gasteiger partial charge is 0.124 e. The third-order valence-electron chi connectivity index (χ3n) is 3.98. The lowest BCUT2D eigenvalue weighted by molar-refractivity contribution is 0.109. The van der Waals surface area contributed by atoms with Crippen LogP contribution < -0.4 is 10.1 Å². The van der Waals surface area contributed by atoms with E-state index in [1.54, 1.807) is 7.11 Å². The topological polar surface area (TPSA) is 41.5 Å². The molecule has 0 bridgehead atoms. The standard InChI is InChI=1S/C16H27NO2/c1-9(2)14(17-6)15(18)13-8-10(3)16(19-7)12(5)11(13)4/h8-9,14-15,17-18H,1-7H3. The first-order valence-corrected chi connectivity index (χ1v) is 6.85. The van der Waals surface area contributed by atoms with Crippen molar-refractivity contribution in [3.8, 4) is 5.75 Å². The molecule has 19 heavy (non-hydrogen) atoms. The SMILES string of the molecule is CNC(C(C)C)C(O)c1cc(C)c(OC)c(C)c1C. The molecule has 0 aliphatic carbocycles. The van der Waals surface area contributed by atoms with Crippen molar-refractivity contribution in [2.24, 2.45) is 5.92 Å². The van der Waals surface area contributed by atoms with Crippen LogP contribution in [-0.4, -0.2) is 25.3 Å². The number of ether oxygens (including phenoxy) is 1. The fourth-order valence-electron chi connectivity index (χ4n) is 2.76. The molecule has 2 unspecified atom stereocenters. The molecule has 1 aromatic carbocycles. The number of benzene rings is 1. The van der Waals surface area contributed by atoms with E-state index >= 15 is 0 Å². The van der Waals surface area contributed by atoms with Gasteiger partial charge in [0, 0.05) is 6.04 Å². The Morgan fingerprint density at radius 1 is 1.16 bits per heavy atom. The molecule has 0 fully saturated rings. The van der Waals surface area contributed by atoms with Crippen LogP contribution in [0.4, 0.5) is 0 Å². The number of likely N-dealkylation sites (N-methyl/N-ethyl adjacent to an activating group) is 1. The van der Waals surface area contributed by atoms with Crippen LogP contribution in [0.3, 0.4) is 0 Å². The first-order valence-electron chi connectivity index (χ1n) is 6.85. The van der Waals surface area contributed by atoms with Gasteiger partial charge in [0.05, 0.1) is 13.2 Å². The van der Waals surface area contributed by atoms with Crippen molar-refractivity contribution in [2.45, 2.75) is 46.8 Å². The van der Waals surface area contributed by atoms with Gasteiger partial charge in [-0.05, 0) is 62.1 Å². The second-order valence-electron chi connectivity index (χ2n) is 5.57. The van der Waals surface area contributed by atoms with Crippen molar-refractivity contribution in [3.63, 3.8) is 0 Å². The van der Waals surface area contributed by atoms with E-state index in [0.717, 1.165) is 28.0 Å². The Morgan fingerprint density at radius 3 is 2.16 bits per heavy atom. The molecular weight excluding hydrogens is 238 g/mol. The predicted molar refractivity (Wildman–Crippen MR) is 79.9 cm³/mol. The normalized spacial score (nSPS) is 14.6. The maximum atomic E-state index is 10.6. The summed E-state index contributed by atoms with van der Waals surface area (Å²) in [5.74, 6) is 1.28. The van der Waals surface area contributed by atoms with Gasteiger partial charge in [0.1, 0.15) is 5.75 Å². The molecule has 0 saturated heterocycles. The lowest BCUT2D eigenvalue weighted by Gasteiger charge is -2.28. The van der Waals surface area contributed by atoms with Crippen molar-refractivity contribution < 1.29 is 9.84 Å². The van der Waals surface area contributed by atoms with Crippen LogP contribution in [-0.2, 0) is 0 Å². The monoisotopic (exact) mass is 265 g/mol. The zero-order chi connectivity index (χ0) is 14.7. The Bertz CT molecular complexity index is 441. The van der Waals surface area contributed by atoms with Gasteiger partial charge in [-0.3, -0.25) is 0 Å². The van der Waals surface area contributed by atoms with Gasteiger partial charge in [-0.1, -0.05) is 13.8 Å². The molecule has 0 amide bonds. The number of aliphatic hydroxyl groups is 1. The maximum Gasteiger partial charge on any atom is 0.124 e. The summed E-state index contributed by atoms with van der Waals surface area (Å²) in [7, 11) is 3.59. The van der Waals surface area contributed by atoms with Crippen LogP contribution in [0, 0.1) is 26.7 Å². The molecule has 0 aromatic heterocycles. The molecule has 1 aromatic rings. The summed E-state index contributed by atoms with van der Waals surface area (Å²) in [6.45, 7) is 10.3. The van der Waals surface area contributed by atoms with E-state index in [1.807, 2.05) is 33.9 Å². The summed E-state index contributed by atoms with van der Waals surface area (Å²) in [6.07, 6.45) is -0.506. The van der Waals surface area contributed by atoms with Crippen LogP contribution in [0.25, 0.3) is 0 Å². The lowest BCUT2D eigenvalue weighted by Crippen LogP contribution is -2.37. The maximum absolute atomic E-state index is 10.6. The molecule has 0 spiro atoms. The largest absolute Gasteiger partial charge is 0.496 e. The molecule has 0 saturated carbocycles. The van der Waals surface area contributed by atoms with Gasteiger partial charge in [0.2, 0.25) is 0 Å². The summed E-state index contributed by atoms with van der Waals surface area (Å²) in [5.41, 5.74) is 4.27. The third kappa shape index (κ3) is 3.10. The number of aryl methyl sites for hydroxylation is 1. The molecule has 0 aliphatic rings. The van der Waals surface area contributed by atoms with Crippen LogP contribution in [0.15, 0.2) is 6.07 Å². The summed E-state index contributed by atoms with van der Waals surface area (Å²) < 4.78 is 5.43. The van der Waals surface area contributed by atoms with Crippen molar-refractivity contribution in [2.75, 3.05) is 14.2 Å². The van der Waals surface area contributed by atoms with E-state index in [1.165, 1.54) is 0 Å². The zero-order valence-corrected chi connectivity index (χ0v) is 13.2. The summed E-state index contributed by atoms with van der Waals surface area (Å²) in [5, 5.41) is 13.9. The Balaban J connectivity index is 3.28. The summed E-state index contributed by atoms with van der Waals surface area (Å²) in [4.78, 5) is 0. The minimum Gasteiger partial charge on any atom is -0.496 e. The number of nitrogens with one attached hydrogen (secondary N) is 1. The van der Waals surface area contributed by atoms with Crippen LogP contribution in [0.1, 0.15) is 42.2 Å². The van der Waals surface area contributed by atoms with Crippen molar-refractivity contribution in [1.82, 2.24) is 5.32 Å². The quantitative estimate of drug-likeness (QED) is 0.860. The lowest BCUT2D eigenvalue weighted by atomic mass is 9.88. The van der Waals surface area contributed by atoms with Crippen LogP contribution in [0.2, 0.25) is 0 Å². The van der Waals surface area contributed by atoms with Crippen molar-refractivity contribution in [3.05, 3.63) is 28.3 Å². The number of methoxy groups -OCH3 is 1. The highest BCUT2D eigenvalue weighted by Gasteiger charge is 2.25. The Morgan fingerprint density at radius 2 is 1.74 bits per heavy atom.